The molecule has 0 aliphatic rings. The van der Waals surface area contributed by atoms with Gasteiger partial charge in [0, 0.05) is 12.2 Å². The van der Waals surface area contributed by atoms with Crippen molar-refractivity contribution < 1.29 is 18.3 Å². The largest absolute Gasteiger partial charge is 0.478 e. The van der Waals surface area contributed by atoms with Gasteiger partial charge in [0.15, 0.2) is 0 Å². The number of carboxylic acids is 1. The molecule has 0 saturated carbocycles. The maximum atomic E-state index is 11.1. The zero-order chi connectivity index (χ0) is 13.1. The van der Waals surface area contributed by atoms with Crippen molar-refractivity contribution in [3.63, 3.8) is 0 Å². The lowest BCUT2D eigenvalue weighted by molar-refractivity contribution is 0.0697. The van der Waals surface area contributed by atoms with Gasteiger partial charge in [-0.2, -0.15) is 0 Å². The van der Waals surface area contributed by atoms with Crippen LogP contribution in [-0.2, 0) is 10.0 Å². The molecular weight excluding hydrogens is 244 g/mol. The number of aromatic carboxylic acids is 1. The standard InChI is InChI=1S/C10H12N2O4S/c1-2-5-12-9-4-3-7(17(11,15)16)6-8(9)10(13)14/h2-4,6,12H,1,5H2,(H,13,14)(H2,11,15,16). The van der Waals surface area contributed by atoms with Gasteiger partial charge in [-0.15, -0.1) is 6.58 Å². The molecular formula is C10H12N2O4S. The molecule has 0 unspecified atom stereocenters. The van der Waals surface area contributed by atoms with Gasteiger partial charge in [-0.1, -0.05) is 6.08 Å². The molecule has 1 rings (SSSR count). The highest BCUT2D eigenvalue weighted by molar-refractivity contribution is 7.89. The number of nitrogens with one attached hydrogen (secondary N) is 1. The van der Waals surface area contributed by atoms with Crippen molar-refractivity contribution in [2.45, 2.75) is 4.90 Å². The molecule has 1 aromatic rings. The second-order valence-corrected chi connectivity index (χ2v) is 4.79. The van der Waals surface area contributed by atoms with Crippen LogP contribution >= 0.6 is 0 Å². The number of hydrogen-bond donors (Lipinski definition) is 3. The quantitative estimate of drug-likeness (QED) is 0.669. The van der Waals surface area contributed by atoms with Crippen LogP contribution in [-0.4, -0.2) is 26.0 Å². The Hall–Kier alpha value is -1.86. The number of hydrogen-bond acceptors (Lipinski definition) is 4. The summed E-state index contributed by atoms with van der Waals surface area (Å²) in [6.07, 6.45) is 1.55. The molecule has 0 aliphatic heterocycles. The molecule has 0 bridgehead atoms. The Morgan fingerprint density at radius 1 is 1.53 bits per heavy atom. The Balaban J connectivity index is 3.27. The first-order valence-corrected chi connectivity index (χ1v) is 6.16. The molecule has 0 aliphatic carbocycles. The van der Waals surface area contributed by atoms with Gasteiger partial charge in [0.05, 0.1) is 10.5 Å². The Morgan fingerprint density at radius 2 is 2.18 bits per heavy atom. The molecule has 0 fully saturated rings. The van der Waals surface area contributed by atoms with Crippen molar-refractivity contribution in [2.75, 3.05) is 11.9 Å². The van der Waals surface area contributed by atoms with E-state index < -0.39 is 16.0 Å². The van der Waals surface area contributed by atoms with Crippen LogP contribution in [0.5, 0.6) is 0 Å². The highest BCUT2D eigenvalue weighted by Crippen LogP contribution is 2.19. The van der Waals surface area contributed by atoms with E-state index in [2.05, 4.69) is 11.9 Å². The predicted molar refractivity (Wildman–Crippen MR) is 63.5 cm³/mol. The normalized spacial score (nSPS) is 10.9. The average Bonchev–Trinajstić information content (AvgIpc) is 2.24. The second kappa shape index (κ2) is 4.98. The van der Waals surface area contributed by atoms with Crippen LogP contribution in [0.3, 0.4) is 0 Å². The fourth-order valence-electron chi connectivity index (χ4n) is 1.21. The molecule has 0 amide bonds. The van der Waals surface area contributed by atoms with Crippen molar-refractivity contribution in [1.82, 2.24) is 0 Å². The van der Waals surface area contributed by atoms with Gasteiger partial charge in [0.1, 0.15) is 0 Å². The number of anilines is 1. The van der Waals surface area contributed by atoms with Crippen molar-refractivity contribution in [2.24, 2.45) is 5.14 Å². The van der Waals surface area contributed by atoms with Gasteiger partial charge in [-0.05, 0) is 18.2 Å². The molecule has 0 heterocycles. The van der Waals surface area contributed by atoms with Gasteiger partial charge in [0.2, 0.25) is 10.0 Å². The summed E-state index contributed by atoms with van der Waals surface area (Å²) in [5.41, 5.74) is 0.156. The highest BCUT2D eigenvalue weighted by atomic mass is 32.2. The molecule has 17 heavy (non-hydrogen) atoms. The summed E-state index contributed by atoms with van der Waals surface area (Å²) in [4.78, 5) is 10.7. The highest BCUT2D eigenvalue weighted by Gasteiger charge is 2.15. The number of carboxylic acid groups (broad SMARTS) is 1. The minimum Gasteiger partial charge on any atom is -0.478 e. The summed E-state index contributed by atoms with van der Waals surface area (Å²) in [5, 5.41) is 16.7. The van der Waals surface area contributed by atoms with Crippen LogP contribution < -0.4 is 10.5 Å². The van der Waals surface area contributed by atoms with E-state index in [9.17, 15) is 13.2 Å². The third kappa shape index (κ3) is 3.30. The fraction of sp³-hybridized carbons (Fsp3) is 0.100. The maximum absolute atomic E-state index is 11.1. The molecule has 0 saturated heterocycles. The zero-order valence-corrected chi connectivity index (χ0v) is 9.70. The molecule has 0 atom stereocenters. The molecule has 0 radical (unpaired) electrons. The van der Waals surface area contributed by atoms with E-state index in [0.717, 1.165) is 6.07 Å². The van der Waals surface area contributed by atoms with Gasteiger partial charge in [0.25, 0.3) is 0 Å². The topological polar surface area (TPSA) is 109 Å². The summed E-state index contributed by atoms with van der Waals surface area (Å²) in [7, 11) is -3.91. The lowest BCUT2D eigenvalue weighted by Gasteiger charge is -2.08. The summed E-state index contributed by atoms with van der Waals surface area (Å²) in [6, 6.07) is 3.61. The first-order chi connectivity index (χ1) is 7.86. The molecule has 0 aromatic heterocycles. The predicted octanol–water partition coefficient (Wildman–Crippen LogP) is 0.630. The van der Waals surface area contributed by atoms with Crippen molar-refractivity contribution in [3.8, 4) is 0 Å². The second-order valence-electron chi connectivity index (χ2n) is 3.23. The van der Waals surface area contributed by atoms with Crippen LogP contribution in [0.1, 0.15) is 10.4 Å². The minimum atomic E-state index is -3.91. The van der Waals surface area contributed by atoms with Crippen LogP contribution in [0.15, 0.2) is 35.7 Å². The Morgan fingerprint density at radius 3 is 2.65 bits per heavy atom. The molecule has 0 spiro atoms. The van der Waals surface area contributed by atoms with Gasteiger partial charge in [-0.3, -0.25) is 0 Å². The lowest BCUT2D eigenvalue weighted by atomic mass is 10.2. The van der Waals surface area contributed by atoms with Crippen LogP contribution in [0, 0.1) is 0 Å². The van der Waals surface area contributed by atoms with Crippen molar-refractivity contribution in [3.05, 3.63) is 36.4 Å². The summed E-state index contributed by atoms with van der Waals surface area (Å²) >= 11 is 0. The van der Waals surface area contributed by atoms with E-state index in [0.29, 0.717) is 12.2 Å². The molecule has 1 aromatic carbocycles. The van der Waals surface area contributed by atoms with Gasteiger partial charge in [-0.25, -0.2) is 18.4 Å². The van der Waals surface area contributed by atoms with Crippen LogP contribution in [0.4, 0.5) is 5.69 Å². The monoisotopic (exact) mass is 256 g/mol. The number of carbonyl (C=O) groups is 1. The molecule has 92 valence electrons. The smallest absolute Gasteiger partial charge is 0.337 e. The van der Waals surface area contributed by atoms with E-state index in [1.54, 1.807) is 6.08 Å². The average molecular weight is 256 g/mol. The Bertz CT molecular complexity index is 551. The summed E-state index contributed by atoms with van der Waals surface area (Å²) in [6.45, 7) is 3.85. The zero-order valence-electron chi connectivity index (χ0n) is 8.88. The van der Waals surface area contributed by atoms with Crippen molar-refractivity contribution in [1.29, 1.82) is 0 Å². The number of rotatable bonds is 5. The molecule has 6 nitrogen and oxygen atoms in total. The van der Waals surface area contributed by atoms with Crippen LogP contribution in [0.25, 0.3) is 0 Å². The van der Waals surface area contributed by atoms with Gasteiger partial charge < -0.3 is 10.4 Å². The Labute approximate surface area is 98.8 Å². The first kappa shape index (κ1) is 13.2. The summed E-state index contributed by atoms with van der Waals surface area (Å²) in [5.74, 6) is -1.23. The third-order valence-electron chi connectivity index (χ3n) is 1.99. The first-order valence-electron chi connectivity index (χ1n) is 4.61. The lowest BCUT2D eigenvalue weighted by Crippen LogP contribution is -2.14. The minimum absolute atomic E-state index is 0.154. The SMILES string of the molecule is C=CCNc1ccc(S(N)(=O)=O)cc1C(=O)O. The van der Waals surface area contributed by atoms with Crippen LogP contribution in [0.2, 0.25) is 0 Å². The number of benzene rings is 1. The van der Waals surface area contributed by atoms with E-state index in [1.807, 2.05) is 0 Å². The molecule has 4 N–H and O–H groups in total. The number of nitrogens with two attached hydrogens (primary N) is 1. The number of sulfonamides is 1. The number of primary sulfonamides is 1. The Kier molecular flexibility index (Phi) is 3.87. The van der Waals surface area contributed by atoms with E-state index >= 15 is 0 Å². The fourth-order valence-corrected chi connectivity index (χ4v) is 1.75. The maximum Gasteiger partial charge on any atom is 0.337 e. The summed E-state index contributed by atoms with van der Waals surface area (Å²) < 4.78 is 22.2. The van der Waals surface area contributed by atoms with E-state index in [1.165, 1.54) is 12.1 Å². The third-order valence-corrected chi connectivity index (χ3v) is 2.90. The van der Waals surface area contributed by atoms with E-state index in [-0.39, 0.29) is 10.5 Å². The van der Waals surface area contributed by atoms with E-state index in [4.69, 9.17) is 10.2 Å². The van der Waals surface area contributed by atoms with Gasteiger partial charge >= 0.3 is 5.97 Å². The molecule has 7 heteroatoms. The van der Waals surface area contributed by atoms with Crippen molar-refractivity contribution >= 4 is 21.7 Å².